The molecule has 1 atom stereocenters. The van der Waals surface area contributed by atoms with Crippen molar-refractivity contribution in [3.05, 3.63) is 47.6 Å². The molecule has 3 heterocycles. The number of rotatable bonds is 10. The predicted molar refractivity (Wildman–Crippen MR) is 131 cm³/mol. The van der Waals surface area contributed by atoms with Crippen molar-refractivity contribution in [2.75, 3.05) is 11.3 Å². The van der Waals surface area contributed by atoms with Gasteiger partial charge in [0, 0.05) is 12.4 Å². The van der Waals surface area contributed by atoms with E-state index in [4.69, 9.17) is 4.74 Å². The van der Waals surface area contributed by atoms with Crippen molar-refractivity contribution < 1.29 is 23.1 Å². The second-order valence-corrected chi connectivity index (χ2v) is 11.6. The van der Waals surface area contributed by atoms with Gasteiger partial charge in [0.05, 0.1) is 52.2 Å². The first-order valence-corrected chi connectivity index (χ1v) is 13.3. The molecule has 3 N–H and O–H groups in total. The number of carbonyl (C=O) groups is 1. The maximum absolute atomic E-state index is 13.0. The van der Waals surface area contributed by atoms with E-state index in [1.165, 1.54) is 44.6 Å². The van der Waals surface area contributed by atoms with Crippen LogP contribution in [0.25, 0.3) is 10.6 Å². The van der Waals surface area contributed by atoms with Gasteiger partial charge in [0.2, 0.25) is 15.9 Å². The highest BCUT2D eigenvalue weighted by atomic mass is 32.2. The quantitative estimate of drug-likeness (QED) is 0.367. The molecule has 11 nitrogen and oxygen atoms in total. The lowest BCUT2D eigenvalue weighted by atomic mass is 9.95. The third-order valence-electron chi connectivity index (χ3n) is 5.14. The average Bonchev–Trinajstić information content (AvgIpc) is 3.55. The molecule has 1 fully saturated rings. The Kier molecular flexibility index (Phi) is 7.01. The summed E-state index contributed by atoms with van der Waals surface area (Å²) in [5.74, 6) is -0.150. The summed E-state index contributed by atoms with van der Waals surface area (Å²) >= 11 is 1.11. The highest BCUT2D eigenvalue weighted by Crippen LogP contribution is 2.32. The summed E-state index contributed by atoms with van der Waals surface area (Å²) in [5.41, 5.74) is -0.277. The first-order chi connectivity index (χ1) is 16.6. The Hall–Kier alpha value is -3.16. The van der Waals surface area contributed by atoms with E-state index in [2.05, 4.69) is 30.0 Å². The highest BCUT2D eigenvalue weighted by molar-refractivity contribution is 7.93. The molecule has 3 aromatic heterocycles. The van der Waals surface area contributed by atoms with E-state index in [0.717, 1.165) is 11.3 Å². The van der Waals surface area contributed by atoms with Gasteiger partial charge < -0.3 is 15.2 Å². The smallest absolute Gasteiger partial charge is 0.280 e. The molecular formula is C22H26N6O5S2. The summed E-state index contributed by atoms with van der Waals surface area (Å²) in [7, 11) is -3.47. The van der Waals surface area contributed by atoms with Crippen LogP contribution in [0.1, 0.15) is 55.2 Å². The number of nitrogens with one attached hydrogen (secondary N) is 2. The first-order valence-electron chi connectivity index (χ1n) is 11.0. The third kappa shape index (κ3) is 6.10. The molecule has 1 saturated carbocycles. The SMILES string of the molecule is CCOc1cncc(-c2cnc(C(=O)N[C@@H](c3cc(NS(=O)(=O)C4CC4)ccn3)C(C)(C)O)s2)n1. The van der Waals surface area contributed by atoms with Crippen LogP contribution in [0.4, 0.5) is 5.69 Å². The van der Waals surface area contributed by atoms with Crippen molar-refractivity contribution in [2.24, 2.45) is 0 Å². The van der Waals surface area contributed by atoms with E-state index < -0.39 is 27.6 Å². The summed E-state index contributed by atoms with van der Waals surface area (Å²) in [6, 6.07) is 2.09. The number of carbonyl (C=O) groups excluding carboxylic acids is 1. The van der Waals surface area contributed by atoms with Gasteiger partial charge in [-0.05, 0) is 45.7 Å². The van der Waals surface area contributed by atoms with Gasteiger partial charge >= 0.3 is 0 Å². The van der Waals surface area contributed by atoms with Crippen molar-refractivity contribution in [1.82, 2.24) is 25.3 Å². The number of hydrogen-bond donors (Lipinski definition) is 3. The molecule has 186 valence electrons. The molecular weight excluding hydrogens is 492 g/mol. The maximum atomic E-state index is 13.0. The fourth-order valence-corrected chi connectivity index (χ4v) is 5.44. The minimum atomic E-state index is -3.47. The highest BCUT2D eigenvalue weighted by Gasteiger charge is 2.36. The maximum Gasteiger partial charge on any atom is 0.280 e. The third-order valence-corrected chi connectivity index (χ3v) is 8.03. The monoisotopic (exact) mass is 518 g/mol. The number of nitrogens with zero attached hydrogens (tertiary/aromatic N) is 4. The van der Waals surface area contributed by atoms with E-state index in [1.807, 2.05) is 6.92 Å². The van der Waals surface area contributed by atoms with Crippen LogP contribution in [0.2, 0.25) is 0 Å². The minimum absolute atomic E-state index is 0.156. The molecule has 0 spiro atoms. The number of thiazole rings is 1. The largest absolute Gasteiger partial charge is 0.477 e. The zero-order valence-electron chi connectivity index (χ0n) is 19.4. The summed E-state index contributed by atoms with van der Waals surface area (Å²) in [6.45, 7) is 5.35. The van der Waals surface area contributed by atoms with Gasteiger partial charge in [-0.25, -0.2) is 18.4 Å². The number of anilines is 1. The zero-order chi connectivity index (χ0) is 25.2. The summed E-state index contributed by atoms with van der Waals surface area (Å²) in [6.07, 6.45) is 7.26. The van der Waals surface area contributed by atoms with Crippen LogP contribution in [0.5, 0.6) is 5.88 Å². The standard InChI is InChI=1S/C22H26N6O5S2/c1-4-33-18-12-23-10-16(26-18)17-11-25-21(34-17)20(29)27-19(22(2,3)30)15-9-13(7-8-24-15)28-35(31,32)14-5-6-14/h7-12,14,19,30H,4-6H2,1-3H3,(H,24,28)(H,27,29)/t19-/m0/s1. The molecule has 1 amide bonds. The number of pyridine rings is 1. The topological polar surface area (TPSA) is 156 Å². The molecule has 0 radical (unpaired) electrons. The Bertz CT molecular complexity index is 1320. The van der Waals surface area contributed by atoms with Crippen LogP contribution in [0.3, 0.4) is 0 Å². The van der Waals surface area contributed by atoms with Crippen molar-refractivity contribution in [3.8, 4) is 16.5 Å². The van der Waals surface area contributed by atoms with E-state index >= 15 is 0 Å². The molecule has 1 aliphatic carbocycles. The molecule has 0 aromatic carbocycles. The first kappa shape index (κ1) is 24.9. The van der Waals surface area contributed by atoms with Crippen LogP contribution in [-0.2, 0) is 10.0 Å². The Morgan fingerprint density at radius 2 is 2.06 bits per heavy atom. The number of ether oxygens (including phenoxy) is 1. The van der Waals surface area contributed by atoms with Crippen molar-refractivity contribution in [2.45, 2.75) is 50.5 Å². The summed E-state index contributed by atoms with van der Waals surface area (Å²) in [5, 5.41) is 13.3. The van der Waals surface area contributed by atoms with Crippen molar-refractivity contribution in [3.63, 3.8) is 0 Å². The fourth-order valence-electron chi connectivity index (χ4n) is 3.28. The molecule has 3 aromatic rings. The van der Waals surface area contributed by atoms with Crippen LogP contribution in [0.15, 0.2) is 36.9 Å². The lowest BCUT2D eigenvalue weighted by molar-refractivity contribution is 0.0330. The van der Waals surface area contributed by atoms with Crippen molar-refractivity contribution >= 4 is 33.0 Å². The minimum Gasteiger partial charge on any atom is -0.477 e. The lowest BCUT2D eigenvalue weighted by Crippen LogP contribution is -2.42. The molecule has 13 heteroatoms. The van der Waals surface area contributed by atoms with Gasteiger partial charge in [-0.15, -0.1) is 11.3 Å². The Labute approximate surface area is 207 Å². The van der Waals surface area contributed by atoms with E-state index in [9.17, 15) is 18.3 Å². The predicted octanol–water partition coefficient (Wildman–Crippen LogP) is 2.54. The summed E-state index contributed by atoms with van der Waals surface area (Å²) < 4.78 is 32.5. The second kappa shape index (κ2) is 9.84. The van der Waals surface area contributed by atoms with Gasteiger partial charge in [-0.2, -0.15) is 0 Å². The van der Waals surface area contributed by atoms with E-state index in [-0.39, 0.29) is 10.3 Å². The van der Waals surface area contributed by atoms with Crippen molar-refractivity contribution in [1.29, 1.82) is 0 Å². The number of aromatic nitrogens is 4. The van der Waals surface area contributed by atoms with Crippen LogP contribution in [-0.4, -0.2) is 56.8 Å². The van der Waals surface area contributed by atoms with Gasteiger partial charge in [-0.3, -0.25) is 19.5 Å². The van der Waals surface area contributed by atoms with Gasteiger partial charge in [-0.1, -0.05) is 0 Å². The Morgan fingerprint density at radius 3 is 2.74 bits per heavy atom. The Balaban J connectivity index is 1.54. The van der Waals surface area contributed by atoms with Gasteiger partial charge in [0.1, 0.15) is 5.69 Å². The van der Waals surface area contributed by atoms with Crippen LogP contribution >= 0.6 is 11.3 Å². The molecule has 0 aliphatic heterocycles. The van der Waals surface area contributed by atoms with Crippen LogP contribution in [0, 0.1) is 0 Å². The second-order valence-electron chi connectivity index (χ2n) is 8.58. The zero-order valence-corrected chi connectivity index (χ0v) is 21.1. The van der Waals surface area contributed by atoms with Gasteiger partial charge in [0.15, 0.2) is 5.01 Å². The van der Waals surface area contributed by atoms with E-state index in [1.54, 1.807) is 6.20 Å². The number of sulfonamides is 1. The Morgan fingerprint density at radius 1 is 1.29 bits per heavy atom. The molecule has 0 bridgehead atoms. The fraction of sp³-hybridized carbons (Fsp3) is 0.409. The molecule has 1 aliphatic rings. The number of aliphatic hydroxyl groups is 1. The van der Waals surface area contributed by atoms with Crippen LogP contribution < -0.4 is 14.8 Å². The molecule has 35 heavy (non-hydrogen) atoms. The normalized spacial score (nSPS) is 14.9. The molecule has 0 saturated heterocycles. The average molecular weight is 519 g/mol. The lowest BCUT2D eigenvalue weighted by Gasteiger charge is -2.29. The summed E-state index contributed by atoms with van der Waals surface area (Å²) in [4.78, 5) is 30.6. The van der Waals surface area contributed by atoms with Gasteiger partial charge in [0.25, 0.3) is 5.91 Å². The molecule has 4 rings (SSSR count). The number of amides is 1. The number of hydrogen-bond acceptors (Lipinski definition) is 10. The molecule has 0 unspecified atom stereocenters. The van der Waals surface area contributed by atoms with E-state index in [0.29, 0.717) is 47.3 Å².